The molecule has 0 aliphatic heterocycles. The van der Waals surface area contributed by atoms with E-state index in [1.807, 2.05) is 30.3 Å². The normalized spacial score (nSPS) is 11.2. The first-order chi connectivity index (χ1) is 9.46. The summed E-state index contributed by atoms with van der Waals surface area (Å²) in [5.74, 6) is -0.543. The molecule has 0 radical (unpaired) electrons. The molecule has 1 aromatic heterocycles. The van der Waals surface area contributed by atoms with Gasteiger partial charge in [0.2, 0.25) is 5.76 Å². The molecular formula is C13H14N2O4S. The predicted octanol–water partition coefficient (Wildman–Crippen LogP) is 1.12. The van der Waals surface area contributed by atoms with Crippen molar-refractivity contribution in [2.24, 2.45) is 0 Å². The highest BCUT2D eigenvalue weighted by Crippen LogP contribution is 2.18. The maximum Gasteiger partial charge on any atom is 0.289 e. The Kier molecular flexibility index (Phi) is 4.19. The van der Waals surface area contributed by atoms with Crippen LogP contribution >= 0.6 is 0 Å². The van der Waals surface area contributed by atoms with Gasteiger partial charge in [-0.3, -0.25) is 4.79 Å². The van der Waals surface area contributed by atoms with Crippen LogP contribution in [0.5, 0.6) is 0 Å². The third kappa shape index (κ3) is 3.92. The van der Waals surface area contributed by atoms with Crippen molar-refractivity contribution in [3.63, 3.8) is 0 Å². The van der Waals surface area contributed by atoms with Gasteiger partial charge >= 0.3 is 0 Å². The number of amides is 1. The molecule has 0 saturated carbocycles. The molecule has 6 nitrogen and oxygen atoms in total. The van der Waals surface area contributed by atoms with E-state index >= 15 is 0 Å². The van der Waals surface area contributed by atoms with E-state index in [1.54, 1.807) is 0 Å². The summed E-state index contributed by atoms with van der Waals surface area (Å²) in [6.07, 6.45) is 1.11. The van der Waals surface area contributed by atoms with Gasteiger partial charge in [-0.05, 0) is 0 Å². The molecule has 1 aromatic carbocycles. The zero-order valence-electron chi connectivity index (χ0n) is 10.9. The Labute approximate surface area is 116 Å². The van der Waals surface area contributed by atoms with Gasteiger partial charge < -0.3 is 9.84 Å². The maximum atomic E-state index is 11.7. The molecule has 0 aliphatic carbocycles. The molecular weight excluding hydrogens is 280 g/mol. The highest BCUT2D eigenvalue weighted by atomic mass is 32.2. The summed E-state index contributed by atoms with van der Waals surface area (Å²) in [6, 6.07) is 10.8. The zero-order chi connectivity index (χ0) is 14.6. The van der Waals surface area contributed by atoms with Gasteiger partial charge in [0.1, 0.15) is 15.5 Å². The van der Waals surface area contributed by atoms with Gasteiger partial charge in [0, 0.05) is 24.4 Å². The van der Waals surface area contributed by atoms with E-state index in [2.05, 4.69) is 10.5 Å². The smallest absolute Gasteiger partial charge is 0.289 e. The third-order valence-corrected chi connectivity index (χ3v) is 3.51. The lowest BCUT2D eigenvalue weighted by Crippen LogP contribution is -2.28. The Balaban J connectivity index is 2.00. The lowest BCUT2D eigenvalue weighted by molar-refractivity contribution is 0.0919. The first-order valence-electron chi connectivity index (χ1n) is 5.94. The molecule has 20 heavy (non-hydrogen) atoms. The number of aromatic nitrogens is 1. The van der Waals surface area contributed by atoms with Crippen molar-refractivity contribution in [3.8, 4) is 11.3 Å². The fourth-order valence-electron chi connectivity index (χ4n) is 1.56. The molecule has 2 aromatic rings. The average Bonchev–Trinajstić information content (AvgIpc) is 2.88. The number of benzene rings is 1. The third-order valence-electron chi connectivity index (χ3n) is 2.56. The molecule has 0 aliphatic rings. The van der Waals surface area contributed by atoms with E-state index in [-0.39, 0.29) is 18.1 Å². The summed E-state index contributed by atoms with van der Waals surface area (Å²) in [5.41, 5.74) is 1.39. The molecule has 0 bridgehead atoms. The molecule has 2 rings (SSSR count). The summed E-state index contributed by atoms with van der Waals surface area (Å²) in [7, 11) is -3.10. The zero-order valence-corrected chi connectivity index (χ0v) is 11.7. The Bertz CT molecular complexity index is 692. The van der Waals surface area contributed by atoms with E-state index in [1.165, 1.54) is 6.07 Å². The quantitative estimate of drug-likeness (QED) is 0.892. The first kappa shape index (κ1) is 14.3. The molecule has 0 spiro atoms. The van der Waals surface area contributed by atoms with E-state index < -0.39 is 15.7 Å². The van der Waals surface area contributed by atoms with Crippen LogP contribution in [0.2, 0.25) is 0 Å². The van der Waals surface area contributed by atoms with Gasteiger partial charge in [-0.25, -0.2) is 8.42 Å². The monoisotopic (exact) mass is 294 g/mol. The number of rotatable bonds is 5. The molecule has 0 fully saturated rings. The van der Waals surface area contributed by atoms with E-state index in [0.29, 0.717) is 5.69 Å². The SMILES string of the molecule is CS(=O)(=O)CCNC(=O)c1cc(-c2ccccc2)no1. The second-order valence-corrected chi connectivity index (χ2v) is 6.59. The van der Waals surface area contributed by atoms with Gasteiger partial charge in [-0.15, -0.1) is 0 Å². The number of sulfone groups is 1. The number of hydrogen-bond acceptors (Lipinski definition) is 5. The highest BCUT2D eigenvalue weighted by molar-refractivity contribution is 7.90. The topological polar surface area (TPSA) is 89.3 Å². The molecule has 106 valence electrons. The van der Waals surface area contributed by atoms with Crippen molar-refractivity contribution in [1.82, 2.24) is 10.5 Å². The van der Waals surface area contributed by atoms with Crippen molar-refractivity contribution >= 4 is 15.7 Å². The van der Waals surface area contributed by atoms with Gasteiger partial charge in [-0.2, -0.15) is 0 Å². The van der Waals surface area contributed by atoms with Gasteiger partial charge in [-0.1, -0.05) is 35.5 Å². The number of hydrogen-bond donors (Lipinski definition) is 1. The fraction of sp³-hybridized carbons (Fsp3) is 0.231. The molecule has 0 atom stereocenters. The Morgan fingerprint density at radius 1 is 1.30 bits per heavy atom. The van der Waals surface area contributed by atoms with E-state index in [0.717, 1.165) is 11.8 Å². The van der Waals surface area contributed by atoms with Crippen LogP contribution in [-0.2, 0) is 9.84 Å². The summed E-state index contributed by atoms with van der Waals surface area (Å²) in [4.78, 5) is 11.7. The summed E-state index contributed by atoms with van der Waals surface area (Å²) >= 11 is 0. The molecule has 1 amide bonds. The Morgan fingerprint density at radius 3 is 2.65 bits per heavy atom. The number of nitrogens with one attached hydrogen (secondary N) is 1. The lowest BCUT2D eigenvalue weighted by atomic mass is 10.1. The van der Waals surface area contributed by atoms with Gasteiger partial charge in [0.15, 0.2) is 0 Å². The minimum Gasteiger partial charge on any atom is -0.350 e. The van der Waals surface area contributed by atoms with Crippen molar-refractivity contribution in [3.05, 3.63) is 42.2 Å². The fourth-order valence-corrected chi connectivity index (χ4v) is 2.04. The van der Waals surface area contributed by atoms with Crippen LogP contribution in [0.4, 0.5) is 0 Å². The lowest BCUT2D eigenvalue weighted by Gasteiger charge is -2.00. The molecule has 1 heterocycles. The van der Waals surface area contributed by atoms with Crippen molar-refractivity contribution < 1.29 is 17.7 Å². The van der Waals surface area contributed by atoms with Crippen molar-refractivity contribution in [2.75, 3.05) is 18.6 Å². The predicted molar refractivity (Wildman–Crippen MR) is 74.0 cm³/mol. The van der Waals surface area contributed by atoms with Crippen LogP contribution < -0.4 is 5.32 Å². The van der Waals surface area contributed by atoms with Crippen LogP contribution in [0.25, 0.3) is 11.3 Å². The standard InChI is InChI=1S/C13H14N2O4S/c1-20(17,18)8-7-14-13(16)12-9-11(15-19-12)10-5-3-2-4-6-10/h2-6,9H,7-8H2,1H3,(H,14,16). The van der Waals surface area contributed by atoms with Crippen LogP contribution in [0.3, 0.4) is 0 Å². The average molecular weight is 294 g/mol. The van der Waals surface area contributed by atoms with E-state index in [9.17, 15) is 13.2 Å². The minimum atomic E-state index is -3.10. The van der Waals surface area contributed by atoms with Crippen LogP contribution in [0, 0.1) is 0 Å². The molecule has 7 heteroatoms. The van der Waals surface area contributed by atoms with Crippen molar-refractivity contribution in [1.29, 1.82) is 0 Å². The molecule has 0 unspecified atom stereocenters. The second-order valence-electron chi connectivity index (χ2n) is 4.33. The van der Waals surface area contributed by atoms with Gasteiger partial charge in [0.05, 0.1) is 5.75 Å². The number of nitrogens with zero attached hydrogens (tertiary/aromatic N) is 1. The summed E-state index contributed by atoms with van der Waals surface area (Å²) < 4.78 is 26.9. The van der Waals surface area contributed by atoms with Crippen molar-refractivity contribution in [2.45, 2.75) is 0 Å². The Morgan fingerprint density at radius 2 is 2.00 bits per heavy atom. The summed E-state index contributed by atoms with van der Waals surface area (Å²) in [6.45, 7) is 0.0407. The summed E-state index contributed by atoms with van der Waals surface area (Å²) in [5, 5.41) is 6.28. The Hall–Kier alpha value is -2.15. The molecule has 1 N–H and O–H groups in total. The number of carbonyl (C=O) groups excluding carboxylic acids is 1. The van der Waals surface area contributed by atoms with Crippen LogP contribution in [-0.4, -0.2) is 38.0 Å². The largest absolute Gasteiger partial charge is 0.350 e. The van der Waals surface area contributed by atoms with Crippen LogP contribution in [0.15, 0.2) is 40.9 Å². The maximum absolute atomic E-state index is 11.7. The minimum absolute atomic E-state index is 0.0407. The van der Waals surface area contributed by atoms with Gasteiger partial charge in [0.25, 0.3) is 5.91 Å². The van der Waals surface area contributed by atoms with E-state index in [4.69, 9.17) is 4.52 Å². The number of carbonyl (C=O) groups is 1. The van der Waals surface area contributed by atoms with Crippen LogP contribution in [0.1, 0.15) is 10.6 Å². The molecule has 0 saturated heterocycles. The first-order valence-corrected chi connectivity index (χ1v) is 8.00. The highest BCUT2D eigenvalue weighted by Gasteiger charge is 2.14. The second kappa shape index (κ2) is 5.87.